The van der Waals surface area contributed by atoms with E-state index in [1.165, 1.54) is 31.4 Å². The zero-order valence-electron chi connectivity index (χ0n) is 29.6. The van der Waals surface area contributed by atoms with Gasteiger partial charge in [0, 0.05) is 28.3 Å². The van der Waals surface area contributed by atoms with Crippen LogP contribution in [-0.2, 0) is 0 Å². The van der Waals surface area contributed by atoms with E-state index in [-0.39, 0.29) is 35.3 Å². The Kier molecular flexibility index (Phi) is 10.9. The second-order valence-electron chi connectivity index (χ2n) is 12.5. The maximum absolute atomic E-state index is 14.2. The van der Waals surface area contributed by atoms with Crippen molar-refractivity contribution in [1.82, 2.24) is 5.32 Å². The molecule has 1 aliphatic heterocycles. The van der Waals surface area contributed by atoms with Crippen molar-refractivity contribution in [3.05, 3.63) is 173 Å². The second kappa shape index (κ2) is 15.9. The number of halogens is 3. The standard InChI is InChI=1S/C22H19F2NO2.C22H18FNO2/c1-14(25-22(26)15-6-5-7-17(12-15)27-2)18-8-3-4-9-19(18)20-11-10-16(23)13-21(20)24;1-14-18-8-3-4-9-19(18)20-11-10-16(23)13-21(20)24(14)22(25)15-6-5-7-17(12-15)26-2/h3-14H,1-2H3,(H,25,26);3-14H,1-2H3. The summed E-state index contributed by atoms with van der Waals surface area (Å²) in [5, 5.41) is 2.91. The van der Waals surface area contributed by atoms with Crippen molar-refractivity contribution < 1.29 is 32.2 Å². The molecule has 0 saturated heterocycles. The number of ether oxygens (including phenoxy) is 2. The van der Waals surface area contributed by atoms with Gasteiger partial charge in [0.15, 0.2) is 0 Å². The van der Waals surface area contributed by atoms with E-state index in [4.69, 9.17) is 9.47 Å². The molecular formula is C44H37F3N2O4. The van der Waals surface area contributed by atoms with Crippen LogP contribution in [0.5, 0.6) is 11.5 Å². The Morgan fingerprint density at radius 2 is 1.23 bits per heavy atom. The number of anilines is 1. The van der Waals surface area contributed by atoms with E-state index in [0.29, 0.717) is 33.9 Å². The maximum Gasteiger partial charge on any atom is 0.258 e. The van der Waals surface area contributed by atoms with Crippen LogP contribution in [0.3, 0.4) is 0 Å². The highest BCUT2D eigenvalue weighted by Crippen LogP contribution is 2.45. The van der Waals surface area contributed by atoms with Crippen LogP contribution in [0.4, 0.5) is 18.9 Å². The van der Waals surface area contributed by atoms with Crippen molar-refractivity contribution in [2.24, 2.45) is 0 Å². The largest absolute Gasteiger partial charge is 0.497 e. The number of hydrogen-bond donors (Lipinski definition) is 1. The number of carbonyl (C=O) groups is 2. The van der Waals surface area contributed by atoms with Crippen molar-refractivity contribution >= 4 is 17.5 Å². The van der Waals surface area contributed by atoms with Gasteiger partial charge in [-0.15, -0.1) is 0 Å². The molecule has 7 rings (SSSR count). The van der Waals surface area contributed by atoms with Crippen molar-refractivity contribution in [2.45, 2.75) is 25.9 Å². The lowest BCUT2D eigenvalue weighted by Crippen LogP contribution is -2.36. The van der Waals surface area contributed by atoms with Gasteiger partial charge in [-0.25, -0.2) is 13.2 Å². The molecular weight excluding hydrogens is 677 g/mol. The fourth-order valence-electron chi connectivity index (χ4n) is 6.52. The van der Waals surface area contributed by atoms with Crippen LogP contribution in [0.15, 0.2) is 133 Å². The number of nitrogens with one attached hydrogen (secondary N) is 1. The van der Waals surface area contributed by atoms with E-state index < -0.39 is 11.6 Å². The van der Waals surface area contributed by atoms with Crippen LogP contribution in [-0.4, -0.2) is 26.0 Å². The van der Waals surface area contributed by atoms with Gasteiger partial charge in [-0.3, -0.25) is 9.59 Å². The van der Waals surface area contributed by atoms with Crippen molar-refractivity contribution in [1.29, 1.82) is 0 Å². The zero-order chi connectivity index (χ0) is 37.6. The normalized spacial score (nSPS) is 13.4. The lowest BCUT2D eigenvalue weighted by atomic mass is 9.88. The van der Waals surface area contributed by atoms with Crippen molar-refractivity contribution in [3.63, 3.8) is 0 Å². The fourth-order valence-corrected chi connectivity index (χ4v) is 6.52. The van der Waals surface area contributed by atoms with Crippen LogP contribution in [0, 0.1) is 17.5 Å². The molecule has 6 nitrogen and oxygen atoms in total. The minimum atomic E-state index is -0.645. The molecule has 53 heavy (non-hydrogen) atoms. The molecule has 2 atom stereocenters. The predicted molar refractivity (Wildman–Crippen MR) is 201 cm³/mol. The van der Waals surface area contributed by atoms with Gasteiger partial charge in [0.05, 0.1) is 32.0 Å². The first kappa shape index (κ1) is 36.4. The van der Waals surface area contributed by atoms with Gasteiger partial charge >= 0.3 is 0 Å². The third kappa shape index (κ3) is 7.79. The first-order valence-corrected chi connectivity index (χ1v) is 16.9. The molecule has 0 spiro atoms. The van der Waals surface area contributed by atoms with E-state index in [1.54, 1.807) is 78.7 Å². The molecule has 268 valence electrons. The van der Waals surface area contributed by atoms with Gasteiger partial charge in [-0.05, 0) is 103 Å². The molecule has 0 bridgehead atoms. The number of fused-ring (bicyclic) bond motifs is 3. The van der Waals surface area contributed by atoms with E-state index in [0.717, 1.165) is 28.3 Å². The summed E-state index contributed by atoms with van der Waals surface area (Å²) < 4.78 is 51.9. The van der Waals surface area contributed by atoms with Gasteiger partial charge in [0.25, 0.3) is 11.8 Å². The Balaban J connectivity index is 0.000000181. The van der Waals surface area contributed by atoms with E-state index in [9.17, 15) is 22.8 Å². The minimum absolute atomic E-state index is 0.183. The molecule has 1 N–H and O–H groups in total. The lowest BCUT2D eigenvalue weighted by Gasteiger charge is -2.37. The average Bonchev–Trinajstić information content (AvgIpc) is 3.18. The minimum Gasteiger partial charge on any atom is -0.497 e. The summed E-state index contributed by atoms with van der Waals surface area (Å²) in [6.07, 6.45) is 0. The second-order valence-corrected chi connectivity index (χ2v) is 12.5. The molecule has 0 aliphatic carbocycles. The molecule has 1 aliphatic rings. The fraction of sp³-hybridized carbons (Fsp3) is 0.136. The molecule has 0 fully saturated rings. The number of rotatable bonds is 7. The predicted octanol–water partition coefficient (Wildman–Crippen LogP) is 10.4. The number of nitrogens with zero attached hydrogens (tertiary/aromatic N) is 1. The summed E-state index contributed by atoms with van der Waals surface area (Å²) in [5.41, 5.74) is 6.12. The smallest absolute Gasteiger partial charge is 0.258 e. The molecule has 6 aromatic carbocycles. The summed E-state index contributed by atoms with van der Waals surface area (Å²) in [6, 6.07) is 36.4. The monoisotopic (exact) mass is 714 g/mol. The molecule has 0 aromatic heterocycles. The van der Waals surface area contributed by atoms with E-state index in [1.807, 2.05) is 50.2 Å². The topological polar surface area (TPSA) is 67.9 Å². The van der Waals surface area contributed by atoms with Crippen LogP contribution in [0.1, 0.15) is 57.8 Å². The number of methoxy groups -OCH3 is 2. The first-order chi connectivity index (χ1) is 25.6. The number of carbonyl (C=O) groups excluding carboxylic acids is 2. The Morgan fingerprint density at radius 1 is 0.642 bits per heavy atom. The van der Waals surface area contributed by atoms with Gasteiger partial charge in [-0.1, -0.05) is 60.7 Å². The first-order valence-electron chi connectivity index (χ1n) is 16.9. The molecule has 1 heterocycles. The summed E-state index contributed by atoms with van der Waals surface area (Å²) in [5.74, 6) is -0.890. The Labute approximate surface area is 306 Å². The molecule has 0 saturated carbocycles. The lowest BCUT2D eigenvalue weighted by molar-refractivity contribution is 0.0938. The summed E-state index contributed by atoms with van der Waals surface area (Å²) >= 11 is 0. The van der Waals surface area contributed by atoms with Gasteiger partial charge in [0.1, 0.15) is 29.0 Å². The number of amides is 2. The average molecular weight is 715 g/mol. The van der Waals surface area contributed by atoms with Crippen LogP contribution < -0.4 is 19.7 Å². The van der Waals surface area contributed by atoms with Crippen molar-refractivity contribution in [2.75, 3.05) is 19.1 Å². The highest BCUT2D eigenvalue weighted by molar-refractivity contribution is 6.10. The summed E-state index contributed by atoms with van der Waals surface area (Å²) in [6.45, 7) is 3.78. The Bertz CT molecular complexity index is 2290. The van der Waals surface area contributed by atoms with Crippen LogP contribution >= 0.6 is 0 Å². The molecule has 2 amide bonds. The Morgan fingerprint density at radius 3 is 1.91 bits per heavy atom. The summed E-state index contributed by atoms with van der Waals surface area (Å²) in [4.78, 5) is 27.5. The third-order valence-corrected chi connectivity index (χ3v) is 9.17. The maximum atomic E-state index is 14.2. The SMILES string of the molecule is COc1cccc(C(=O)N2c3cc(F)ccc3-c3ccccc3C2C)c1.COc1cccc(C(=O)NC(C)c2ccccc2-c2ccc(F)cc2F)c1. The van der Waals surface area contributed by atoms with E-state index in [2.05, 4.69) is 5.32 Å². The van der Waals surface area contributed by atoms with Crippen LogP contribution in [0.2, 0.25) is 0 Å². The number of benzene rings is 6. The van der Waals surface area contributed by atoms with E-state index >= 15 is 0 Å². The molecule has 9 heteroatoms. The Hall–Kier alpha value is -6.35. The molecule has 0 radical (unpaired) electrons. The van der Waals surface area contributed by atoms with Gasteiger partial charge in [0.2, 0.25) is 0 Å². The van der Waals surface area contributed by atoms with Gasteiger partial charge in [-0.2, -0.15) is 0 Å². The third-order valence-electron chi connectivity index (χ3n) is 9.17. The zero-order valence-corrected chi connectivity index (χ0v) is 29.6. The molecule has 2 unspecified atom stereocenters. The quantitative estimate of drug-likeness (QED) is 0.179. The highest BCUT2D eigenvalue weighted by Gasteiger charge is 2.33. The highest BCUT2D eigenvalue weighted by atomic mass is 19.1. The van der Waals surface area contributed by atoms with Gasteiger partial charge < -0.3 is 19.7 Å². The number of hydrogen-bond acceptors (Lipinski definition) is 4. The summed E-state index contributed by atoms with van der Waals surface area (Å²) in [7, 11) is 3.10. The van der Waals surface area contributed by atoms with Crippen LogP contribution in [0.25, 0.3) is 22.3 Å². The van der Waals surface area contributed by atoms with Crippen molar-refractivity contribution in [3.8, 4) is 33.8 Å². The molecule has 6 aromatic rings.